The molecule has 1 aliphatic carbocycles. The van der Waals surface area contributed by atoms with Gasteiger partial charge < -0.3 is 16.0 Å². The smallest absolute Gasteiger partial charge is 0.313 e. The molecule has 1 aromatic rings. The Morgan fingerprint density at radius 1 is 1.28 bits per heavy atom. The van der Waals surface area contributed by atoms with E-state index in [1.54, 1.807) is 6.07 Å². The van der Waals surface area contributed by atoms with Gasteiger partial charge in [0.05, 0.1) is 11.9 Å². The van der Waals surface area contributed by atoms with Crippen molar-refractivity contribution in [1.29, 1.82) is 0 Å². The van der Waals surface area contributed by atoms with E-state index in [1.165, 1.54) is 19.0 Å². The zero-order valence-electron chi connectivity index (χ0n) is 15.2. The fourth-order valence-electron chi connectivity index (χ4n) is 4.41. The van der Waals surface area contributed by atoms with Crippen LogP contribution in [0.5, 0.6) is 0 Å². The zero-order valence-corrected chi connectivity index (χ0v) is 15.2. The van der Waals surface area contributed by atoms with E-state index in [2.05, 4.69) is 17.2 Å². The number of nitrogen functional groups attached to an aromatic ring is 1. The van der Waals surface area contributed by atoms with E-state index < -0.39 is 11.8 Å². The number of carbonyl (C=O) groups is 2. The third-order valence-electron chi connectivity index (χ3n) is 5.98. The number of amides is 2. The van der Waals surface area contributed by atoms with Crippen molar-refractivity contribution >= 4 is 23.3 Å². The molecular weight excluding hydrogens is 316 g/mol. The molecule has 3 rings (SSSR count). The van der Waals surface area contributed by atoms with Crippen molar-refractivity contribution in [1.82, 2.24) is 9.88 Å². The highest BCUT2D eigenvalue weighted by Gasteiger charge is 2.45. The van der Waals surface area contributed by atoms with Crippen LogP contribution in [0.2, 0.25) is 0 Å². The Labute approximate surface area is 149 Å². The van der Waals surface area contributed by atoms with Crippen molar-refractivity contribution in [2.75, 3.05) is 17.6 Å². The molecule has 2 fully saturated rings. The number of nitrogens with zero attached hydrogens (tertiary/aromatic N) is 2. The molecule has 2 heterocycles. The van der Waals surface area contributed by atoms with Gasteiger partial charge in [-0.3, -0.25) is 9.59 Å². The first-order valence-corrected chi connectivity index (χ1v) is 9.27. The van der Waals surface area contributed by atoms with E-state index in [0.29, 0.717) is 24.0 Å². The molecule has 1 saturated carbocycles. The quantitative estimate of drug-likeness (QED) is 0.808. The van der Waals surface area contributed by atoms with Gasteiger partial charge in [0.1, 0.15) is 5.82 Å². The minimum Gasteiger partial charge on any atom is -0.383 e. The molecule has 0 radical (unpaired) electrons. The molecule has 2 amide bonds. The molecule has 3 N–H and O–H groups in total. The van der Waals surface area contributed by atoms with E-state index >= 15 is 0 Å². The first kappa shape index (κ1) is 17.7. The van der Waals surface area contributed by atoms with Crippen LogP contribution in [0.15, 0.2) is 12.3 Å². The van der Waals surface area contributed by atoms with Crippen molar-refractivity contribution in [2.24, 2.45) is 5.92 Å². The van der Waals surface area contributed by atoms with Gasteiger partial charge in [0.2, 0.25) is 0 Å². The molecule has 1 atom stereocenters. The second-order valence-corrected chi connectivity index (χ2v) is 7.63. The molecule has 2 aliphatic rings. The van der Waals surface area contributed by atoms with Gasteiger partial charge in [0, 0.05) is 12.1 Å². The number of aromatic nitrogens is 1. The minimum atomic E-state index is -0.586. The van der Waals surface area contributed by atoms with E-state index in [9.17, 15) is 9.59 Å². The van der Waals surface area contributed by atoms with Crippen LogP contribution in [0.3, 0.4) is 0 Å². The van der Waals surface area contributed by atoms with E-state index in [-0.39, 0.29) is 5.54 Å². The topological polar surface area (TPSA) is 88.3 Å². The number of piperidine rings is 1. The number of likely N-dealkylation sites (tertiary alicyclic amines) is 1. The summed E-state index contributed by atoms with van der Waals surface area (Å²) in [7, 11) is 0. The number of anilines is 2. The molecule has 25 heavy (non-hydrogen) atoms. The molecule has 1 saturated heterocycles. The summed E-state index contributed by atoms with van der Waals surface area (Å²) in [6, 6.07) is 1.74. The van der Waals surface area contributed by atoms with Crippen LogP contribution < -0.4 is 11.1 Å². The number of pyridine rings is 1. The monoisotopic (exact) mass is 344 g/mol. The third kappa shape index (κ3) is 3.48. The van der Waals surface area contributed by atoms with Gasteiger partial charge in [0.25, 0.3) is 0 Å². The van der Waals surface area contributed by atoms with Crippen molar-refractivity contribution in [3.05, 3.63) is 17.8 Å². The lowest BCUT2D eigenvalue weighted by atomic mass is 9.76. The molecule has 0 bridgehead atoms. The lowest BCUT2D eigenvalue weighted by Gasteiger charge is -2.48. The number of hydrogen-bond acceptors (Lipinski definition) is 4. The van der Waals surface area contributed by atoms with Crippen molar-refractivity contribution in [3.8, 4) is 0 Å². The average molecular weight is 344 g/mol. The lowest BCUT2D eigenvalue weighted by Crippen LogP contribution is -2.58. The fraction of sp³-hybridized carbons (Fsp3) is 0.632. The van der Waals surface area contributed by atoms with Crippen LogP contribution in [-0.4, -0.2) is 33.8 Å². The largest absolute Gasteiger partial charge is 0.383 e. The van der Waals surface area contributed by atoms with E-state index in [1.807, 2.05) is 11.8 Å². The Morgan fingerprint density at radius 3 is 2.68 bits per heavy atom. The molecule has 1 aliphatic heterocycles. The normalized spacial score (nSPS) is 24.3. The second-order valence-electron chi connectivity index (χ2n) is 7.63. The number of nitrogens with two attached hydrogens (primary N) is 1. The first-order valence-electron chi connectivity index (χ1n) is 9.27. The number of hydrogen-bond donors (Lipinski definition) is 2. The molecule has 0 spiro atoms. The highest BCUT2D eigenvalue weighted by Crippen LogP contribution is 2.43. The van der Waals surface area contributed by atoms with E-state index in [0.717, 1.165) is 37.7 Å². The Morgan fingerprint density at radius 2 is 2.00 bits per heavy atom. The summed E-state index contributed by atoms with van der Waals surface area (Å²) >= 11 is 0. The van der Waals surface area contributed by atoms with Crippen LogP contribution in [0.1, 0.15) is 57.4 Å². The summed E-state index contributed by atoms with van der Waals surface area (Å²) in [6.45, 7) is 4.65. The summed E-state index contributed by atoms with van der Waals surface area (Å²) in [5.74, 6) is -0.0835. The van der Waals surface area contributed by atoms with Gasteiger partial charge in [-0.15, -0.1) is 0 Å². The summed E-state index contributed by atoms with van der Waals surface area (Å²) in [6.07, 6.45) is 9.32. The van der Waals surface area contributed by atoms with Crippen LogP contribution in [-0.2, 0) is 9.59 Å². The number of nitrogens with one attached hydrogen (secondary N) is 1. The lowest BCUT2D eigenvalue weighted by molar-refractivity contribution is -0.151. The standard InChI is InChI=1S/C19H28N4O2/c1-13-11-15(12-21-16(13)20)22-17(24)18(25)23-10-6-5-9-19(23,2)14-7-3-4-8-14/h11-12,14H,3-10H2,1-2H3,(H2,20,21)(H,22,24)/t19-/m0/s1. The van der Waals surface area contributed by atoms with Gasteiger partial charge in [-0.1, -0.05) is 12.8 Å². The van der Waals surface area contributed by atoms with Gasteiger partial charge in [0.15, 0.2) is 0 Å². The predicted molar refractivity (Wildman–Crippen MR) is 97.9 cm³/mol. The van der Waals surface area contributed by atoms with Crippen molar-refractivity contribution in [3.63, 3.8) is 0 Å². The number of rotatable bonds is 2. The molecule has 6 nitrogen and oxygen atoms in total. The highest BCUT2D eigenvalue weighted by atomic mass is 16.2. The Balaban J connectivity index is 1.75. The zero-order chi connectivity index (χ0) is 18.0. The molecule has 136 valence electrons. The number of aryl methyl sites for hydroxylation is 1. The number of carbonyl (C=O) groups excluding carboxylic acids is 2. The Kier molecular flexibility index (Phi) is 4.97. The summed E-state index contributed by atoms with van der Waals surface area (Å²) < 4.78 is 0. The third-order valence-corrected chi connectivity index (χ3v) is 5.98. The van der Waals surface area contributed by atoms with Crippen LogP contribution in [0, 0.1) is 12.8 Å². The molecule has 0 aromatic carbocycles. The van der Waals surface area contributed by atoms with Crippen LogP contribution in [0.4, 0.5) is 11.5 Å². The average Bonchev–Trinajstić information content (AvgIpc) is 3.13. The second kappa shape index (κ2) is 7.02. The van der Waals surface area contributed by atoms with Crippen molar-refractivity contribution < 1.29 is 9.59 Å². The first-order chi connectivity index (χ1) is 11.9. The predicted octanol–water partition coefficient (Wildman–Crippen LogP) is 2.87. The molecule has 6 heteroatoms. The van der Waals surface area contributed by atoms with Crippen LogP contribution in [0.25, 0.3) is 0 Å². The van der Waals surface area contributed by atoms with Gasteiger partial charge in [-0.2, -0.15) is 0 Å². The Bertz CT molecular complexity index is 669. The maximum Gasteiger partial charge on any atom is 0.313 e. The maximum absolute atomic E-state index is 12.9. The maximum atomic E-state index is 12.9. The molecular formula is C19H28N4O2. The van der Waals surface area contributed by atoms with Crippen molar-refractivity contribution in [2.45, 2.75) is 64.3 Å². The summed E-state index contributed by atoms with van der Waals surface area (Å²) in [5.41, 5.74) is 6.79. The van der Waals surface area contributed by atoms with Gasteiger partial charge in [-0.25, -0.2) is 4.98 Å². The summed E-state index contributed by atoms with van der Waals surface area (Å²) in [4.78, 5) is 31.3. The van der Waals surface area contributed by atoms with Gasteiger partial charge in [-0.05, 0) is 63.5 Å². The molecule has 0 unspecified atom stereocenters. The van der Waals surface area contributed by atoms with E-state index in [4.69, 9.17) is 5.73 Å². The van der Waals surface area contributed by atoms with Crippen LogP contribution >= 0.6 is 0 Å². The highest BCUT2D eigenvalue weighted by molar-refractivity contribution is 6.39. The molecule has 1 aromatic heterocycles. The minimum absolute atomic E-state index is 0.196. The fourth-order valence-corrected chi connectivity index (χ4v) is 4.41. The van der Waals surface area contributed by atoms with Gasteiger partial charge >= 0.3 is 11.8 Å². The Hall–Kier alpha value is -2.11. The SMILES string of the molecule is Cc1cc(NC(=O)C(=O)N2CCCC[C@@]2(C)C2CCCC2)cnc1N. The summed E-state index contributed by atoms with van der Waals surface area (Å²) in [5, 5.41) is 2.69.